The van der Waals surface area contributed by atoms with E-state index in [2.05, 4.69) is 40.5 Å². The van der Waals surface area contributed by atoms with Gasteiger partial charge in [0.1, 0.15) is 12.4 Å². The highest BCUT2D eigenvalue weighted by Crippen LogP contribution is 2.27. The second-order valence-corrected chi connectivity index (χ2v) is 5.92. The normalized spacial score (nSPS) is 19.7. The van der Waals surface area contributed by atoms with E-state index in [0.717, 1.165) is 17.9 Å². The van der Waals surface area contributed by atoms with Crippen molar-refractivity contribution in [1.29, 1.82) is 0 Å². The van der Waals surface area contributed by atoms with Crippen LogP contribution in [0.5, 0.6) is 5.75 Å². The maximum atomic E-state index is 5.90. The molecule has 2 aromatic heterocycles. The van der Waals surface area contributed by atoms with Gasteiger partial charge >= 0.3 is 0 Å². The van der Waals surface area contributed by atoms with Crippen LogP contribution in [-0.2, 0) is 0 Å². The molecule has 100 valence electrons. The van der Waals surface area contributed by atoms with Crippen LogP contribution in [0.2, 0.25) is 0 Å². The highest BCUT2D eigenvalue weighted by atomic mass is 32.1. The maximum absolute atomic E-state index is 5.90. The molecule has 4 heteroatoms. The van der Waals surface area contributed by atoms with Crippen molar-refractivity contribution in [2.45, 2.75) is 18.9 Å². The lowest BCUT2D eigenvalue weighted by molar-refractivity contribution is 0.198. The van der Waals surface area contributed by atoms with Gasteiger partial charge < -0.3 is 9.64 Å². The van der Waals surface area contributed by atoms with Crippen molar-refractivity contribution in [2.24, 2.45) is 0 Å². The Morgan fingerprint density at radius 1 is 1.47 bits per heavy atom. The van der Waals surface area contributed by atoms with Crippen LogP contribution in [-0.4, -0.2) is 36.1 Å². The molecule has 1 aliphatic rings. The van der Waals surface area contributed by atoms with Gasteiger partial charge in [0.2, 0.25) is 0 Å². The average Bonchev–Trinajstić information content (AvgIpc) is 3.08. The van der Waals surface area contributed by atoms with E-state index in [1.165, 1.54) is 24.3 Å². The van der Waals surface area contributed by atoms with E-state index in [9.17, 15) is 0 Å². The first-order valence-electron chi connectivity index (χ1n) is 6.65. The molecule has 1 atom stereocenters. The van der Waals surface area contributed by atoms with Gasteiger partial charge in [0, 0.05) is 22.7 Å². The van der Waals surface area contributed by atoms with E-state index < -0.39 is 0 Å². The van der Waals surface area contributed by atoms with Crippen molar-refractivity contribution >= 4 is 11.3 Å². The number of likely N-dealkylation sites (tertiary alicyclic amines) is 1. The largest absolute Gasteiger partial charge is 0.490 e. The molecule has 19 heavy (non-hydrogen) atoms. The molecule has 3 nitrogen and oxygen atoms in total. The summed E-state index contributed by atoms with van der Waals surface area (Å²) in [5.41, 5.74) is 1.13. The molecular formula is C15H18N2OS. The van der Waals surface area contributed by atoms with Crippen LogP contribution in [0.1, 0.15) is 12.8 Å². The number of ether oxygens (including phenoxy) is 1. The van der Waals surface area contributed by atoms with Gasteiger partial charge in [-0.3, -0.25) is 4.98 Å². The number of hydrogen-bond donors (Lipinski definition) is 0. The van der Waals surface area contributed by atoms with E-state index in [0.29, 0.717) is 6.04 Å². The van der Waals surface area contributed by atoms with Crippen LogP contribution in [0, 0.1) is 0 Å². The topological polar surface area (TPSA) is 25.4 Å². The number of thiophene rings is 1. The molecule has 0 unspecified atom stereocenters. The summed E-state index contributed by atoms with van der Waals surface area (Å²) in [4.78, 5) is 7.88. The van der Waals surface area contributed by atoms with E-state index in [-0.39, 0.29) is 0 Å². The minimum absolute atomic E-state index is 0.547. The lowest BCUT2D eigenvalue weighted by atomic mass is 10.2. The van der Waals surface area contributed by atoms with Crippen LogP contribution in [0.3, 0.4) is 0 Å². The minimum Gasteiger partial charge on any atom is -0.490 e. The lowest BCUT2D eigenvalue weighted by Gasteiger charge is -2.19. The van der Waals surface area contributed by atoms with Crippen molar-refractivity contribution < 1.29 is 4.74 Å². The lowest BCUT2D eigenvalue weighted by Crippen LogP contribution is -2.30. The first-order valence-corrected chi connectivity index (χ1v) is 7.53. The fraction of sp³-hybridized carbons (Fsp3) is 0.400. The van der Waals surface area contributed by atoms with Crippen molar-refractivity contribution in [1.82, 2.24) is 9.88 Å². The van der Waals surface area contributed by atoms with Crippen molar-refractivity contribution in [3.8, 4) is 16.2 Å². The summed E-state index contributed by atoms with van der Waals surface area (Å²) < 4.78 is 5.90. The monoisotopic (exact) mass is 274 g/mol. The van der Waals surface area contributed by atoms with Crippen LogP contribution in [0.4, 0.5) is 0 Å². The first-order chi connectivity index (χ1) is 9.33. The molecule has 0 aromatic carbocycles. The predicted octanol–water partition coefficient (Wildman–Crippen LogP) is 3.28. The highest BCUT2D eigenvalue weighted by Gasteiger charge is 2.21. The number of rotatable bonds is 4. The summed E-state index contributed by atoms with van der Waals surface area (Å²) >= 11 is 1.72. The van der Waals surface area contributed by atoms with Crippen LogP contribution < -0.4 is 4.74 Å². The molecule has 3 heterocycles. The molecule has 1 aliphatic heterocycles. The van der Waals surface area contributed by atoms with E-state index in [1.54, 1.807) is 17.5 Å². The predicted molar refractivity (Wildman–Crippen MR) is 78.7 cm³/mol. The first kappa shape index (κ1) is 12.6. The van der Waals surface area contributed by atoms with Crippen LogP contribution in [0.15, 0.2) is 36.0 Å². The number of pyridine rings is 1. The highest BCUT2D eigenvalue weighted by molar-refractivity contribution is 7.13. The Labute approximate surface area is 117 Å². The van der Waals surface area contributed by atoms with E-state index in [1.807, 2.05) is 6.20 Å². The quantitative estimate of drug-likeness (QED) is 0.855. The van der Waals surface area contributed by atoms with E-state index >= 15 is 0 Å². The number of aromatic nitrogens is 1. The summed E-state index contributed by atoms with van der Waals surface area (Å²) in [7, 11) is 2.17. The van der Waals surface area contributed by atoms with Crippen LogP contribution in [0.25, 0.3) is 10.4 Å². The Bertz CT molecular complexity index is 527. The second kappa shape index (κ2) is 5.72. The van der Waals surface area contributed by atoms with Gasteiger partial charge in [0.25, 0.3) is 0 Å². The molecule has 3 rings (SSSR count). The van der Waals surface area contributed by atoms with Gasteiger partial charge in [-0.15, -0.1) is 11.3 Å². The summed E-state index contributed by atoms with van der Waals surface area (Å²) in [5, 5.41) is 2.08. The molecule has 1 fully saturated rings. The van der Waals surface area contributed by atoms with Crippen LogP contribution >= 0.6 is 11.3 Å². The standard InChI is InChI=1S/C15H18N2OS/c1-17-6-2-4-13(17)11-18-14-8-12(9-16-10-14)15-5-3-7-19-15/h3,5,7-10,13H,2,4,6,11H2,1H3/t13-/m0/s1. The smallest absolute Gasteiger partial charge is 0.138 e. The third-order valence-electron chi connectivity index (χ3n) is 3.63. The van der Waals surface area contributed by atoms with Crippen molar-refractivity contribution in [2.75, 3.05) is 20.2 Å². The molecular weight excluding hydrogens is 256 g/mol. The fourth-order valence-corrected chi connectivity index (χ4v) is 3.17. The molecule has 0 radical (unpaired) electrons. The molecule has 2 aromatic rings. The van der Waals surface area contributed by atoms with Crippen molar-refractivity contribution in [3.63, 3.8) is 0 Å². The number of nitrogens with zero attached hydrogens (tertiary/aromatic N) is 2. The fourth-order valence-electron chi connectivity index (χ4n) is 2.46. The zero-order valence-electron chi connectivity index (χ0n) is 11.1. The third kappa shape index (κ3) is 2.96. The van der Waals surface area contributed by atoms with E-state index in [4.69, 9.17) is 4.74 Å². The Hall–Kier alpha value is -1.39. The summed E-state index contributed by atoms with van der Waals surface area (Å²) in [6.07, 6.45) is 6.19. The van der Waals surface area contributed by atoms with Gasteiger partial charge in [-0.25, -0.2) is 0 Å². The van der Waals surface area contributed by atoms with Gasteiger partial charge in [-0.2, -0.15) is 0 Å². The Kier molecular flexibility index (Phi) is 3.80. The van der Waals surface area contributed by atoms with Gasteiger partial charge in [0.15, 0.2) is 0 Å². The maximum Gasteiger partial charge on any atom is 0.138 e. The molecule has 0 spiro atoms. The molecule has 0 amide bonds. The average molecular weight is 274 g/mol. The zero-order valence-corrected chi connectivity index (χ0v) is 11.9. The minimum atomic E-state index is 0.547. The molecule has 0 saturated carbocycles. The molecule has 0 N–H and O–H groups in total. The summed E-state index contributed by atoms with van der Waals surface area (Å²) in [6, 6.07) is 6.79. The zero-order chi connectivity index (χ0) is 13.1. The van der Waals surface area contributed by atoms with Crippen molar-refractivity contribution in [3.05, 3.63) is 36.0 Å². The SMILES string of the molecule is CN1CCC[C@H]1COc1cncc(-c2cccs2)c1. The van der Waals surface area contributed by atoms with Gasteiger partial charge in [-0.1, -0.05) is 6.07 Å². The number of hydrogen-bond acceptors (Lipinski definition) is 4. The van der Waals surface area contributed by atoms with Gasteiger partial charge in [0.05, 0.1) is 6.20 Å². The Morgan fingerprint density at radius 2 is 2.42 bits per heavy atom. The Balaban J connectivity index is 1.66. The van der Waals surface area contributed by atoms with Gasteiger partial charge in [-0.05, 0) is 43.9 Å². The molecule has 0 aliphatic carbocycles. The number of likely N-dealkylation sites (N-methyl/N-ethyl adjacent to an activating group) is 1. The third-order valence-corrected chi connectivity index (χ3v) is 4.55. The summed E-state index contributed by atoms with van der Waals surface area (Å²) in [6.45, 7) is 1.94. The summed E-state index contributed by atoms with van der Waals surface area (Å²) in [5.74, 6) is 0.867. The Morgan fingerprint density at radius 3 is 3.16 bits per heavy atom. The molecule has 0 bridgehead atoms. The molecule has 1 saturated heterocycles. The second-order valence-electron chi connectivity index (χ2n) is 4.97.